The molecule has 1 heterocycles. The summed E-state index contributed by atoms with van der Waals surface area (Å²) in [5.74, 6) is -0.767. The molecule has 1 aliphatic heterocycles. The van der Waals surface area contributed by atoms with Gasteiger partial charge >= 0.3 is 0 Å². The van der Waals surface area contributed by atoms with E-state index in [0.29, 0.717) is 12.8 Å². The first-order chi connectivity index (χ1) is 8.16. The van der Waals surface area contributed by atoms with Crippen molar-refractivity contribution in [1.29, 1.82) is 0 Å². The number of amides is 3. The molecule has 5 nitrogen and oxygen atoms in total. The Hall–Kier alpha value is -1.65. The number of nitrogens with one attached hydrogen (secondary N) is 2. The molecule has 5 heteroatoms. The highest BCUT2D eigenvalue weighted by Crippen LogP contribution is 2.18. The monoisotopic (exact) mass is 236 g/mol. The Balaban J connectivity index is 1.87. The number of hydrogen-bond acceptors (Lipinski definition) is 3. The highest BCUT2D eigenvalue weighted by Gasteiger charge is 2.29. The number of rotatable bonds is 2. The second-order valence-electron chi connectivity index (χ2n) is 4.49. The van der Waals surface area contributed by atoms with Crippen LogP contribution in [0.1, 0.15) is 32.1 Å². The van der Waals surface area contributed by atoms with E-state index < -0.39 is 6.04 Å². The third kappa shape index (κ3) is 2.93. The fourth-order valence-electron chi connectivity index (χ4n) is 2.15. The van der Waals surface area contributed by atoms with Crippen molar-refractivity contribution in [2.45, 2.75) is 38.1 Å². The van der Waals surface area contributed by atoms with Crippen LogP contribution < -0.4 is 10.6 Å². The summed E-state index contributed by atoms with van der Waals surface area (Å²) in [4.78, 5) is 34.3. The Morgan fingerprint density at radius 1 is 1.29 bits per heavy atom. The van der Waals surface area contributed by atoms with Gasteiger partial charge in [-0.2, -0.15) is 0 Å². The molecule has 2 unspecified atom stereocenters. The molecule has 2 aliphatic rings. The molecule has 17 heavy (non-hydrogen) atoms. The third-order valence-electron chi connectivity index (χ3n) is 3.20. The fourth-order valence-corrected chi connectivity index (χ4v) is 2.15. The first-order valence-electron chi connectivity index (χ1n) is 5.96. The minimum absolute atomic E-state index is 0.0366. The van der Waals surface area contributed by atoms with Gasteiger partial charge in [-0.05, 0) is 25.7 Å². The van der Waals surface area contributed by atoms with Gasteiger partial charge < -0.3 is 5.32 Å². The van der Waals surface area contributed by atoms with Gasteiger partial charge in [-0.15, -0.1) is 0 Å². The summed E-state index contributed by atoms with van der Waals surface area (Å²) < 4.78 is 0. The molecule has 0 saturated carbocycles. The van der Waals surface area contributed by atoms with Crippen LogP contribution in [0.2, 0.25) is 0 Å². The molecule has 1 aliphatic carbocycles. The second-order valence-corrected chi connectivity index (χ2v) is 4.49. The fraction of sp³-hybridized carbons (Fsp3) is 0.583. The number of piperidine rings is 1. The standard InChI is InChI=1S/C12H16N2O3/c15-10-7-6-9(12(17)14-10)13-11(16)8-4-2-1-3-5-8/h1-2,8-9H,3-7H2,(H,13,16)(H,14,15,17). The lowest BCUT2D eigenvalue weighted by molar-refractivity contribution is -0.138. The van der Waals surface area contributed by atoms with Crippen molar-refractivity contribution >= 4 is 17.7 Å². The zero-order valence-electron chi connectivity index (χ0n) is 9.57. The summed E-state index contributed by atoms with van der Waals surface area (Å²) in [7, 11) is 0. The van der Waals surface area contributed by atoms with Crippen LogP contribution in [0.3, 0.4) is 0 Å². The van der Waals surface area contributed by atoms with Gasteiger partial charge in [0.15, 0.2) is 0 Å². The van der Waals surface area contributed by atoms with Crippen LogP contribution in [0.15, 0.2) is 12.2 Å². The summed E-state index contributed by atoms with van der Waals surface area (Å²) in [6, 6.07) is -0.550. The highest BCUT2D eigenvalue weighted by atomic mass is 16.2. The summed E-state index contributed by atoms with van der Waals surface area (Å²) >= 11 is 0. The van der Waals surface area contributed by atoms with Crippen molar-refractivity contribution < 1.29 is 14.4 Å². The maximum Gasteiger partial charge on any atom is 0.249 e. The molecule has 92 valence electrons. The summed E-state index contributed by atoms with van der Waals surface area (Å²) in [6.07, 6.45) is 7.23. The summed E-state index contributed by atoms with van der Waals surface area (Å²) in [5, 5.41) is 4.95. The molecule has 0 aromatic rings. The lowest BCUT2D eigenvalue weighted by Crippen LogP contribution is -2.53. The predicted molar refractivity (Wildman–Crippen MR) is 60.8 cm³/mol. The van der Waals surface area contributed by atoms with E-state index in [1.807, 2.05) is 6.08 Å². The van der Waals surface area contributed by atoms with Gasteiger partial charge in [-0.1, -0.05) is 12.2 Å². The second kappa shape index (κ2) is 5.12. The van der Waals surface area contributed by atoms with E-state index in [-0.39, 0.29) is 23.6 Å². The zero-order chi connectivity index (χ0) is 12.3. The zero-order valence-corrected chi connectivity index (χ0v) is 9.57. The van der Waals surface area contributed by atoms with Crippen LogP contribution in [0.5, 0.6) is 0 Å². The van der Waals surface area contributed by atoms with E-state index in [1.54, 1.807) is 0 Å². The lowest BCUT2D eigenvalue weighted by Gasteiger charge is -2.24. The van der Waals surface area contributed by atoms with Gasteiger partial charge in [-0.3, -0.25) is 19.7 Å². The smallest absolute Gasteiger partial charge is 0.249 e. The van der Waals surface area contributed by atoms with Crippen LogP contribution in [0.25, 0.3) is 0 Å². The van der Waals surface area contributed by atoms with Crippen LogP contribution in [0, 0.1) is 5.92 Å². The molecular weight excluding hydrogens is 220 g/mol. The molecule has 0 aromatic carbocycles. The Bertz CT molecular complexity index is 376. The molecular formula is C12H16N2O3. The molecule has 3 amide bonds. The summed E-state index contributed by atoms with van der Waals surface area (Å²) in [5.41, 5.74) is 0. The van der Waals surface area contributed by atoms with Gasteiger partial charge in [0.25, 0.3) is 0 Å². The molecule has 1 saturated heterocycles. The molecule has 2 N–H and O–H groups in total. The first-order valence-corrected chi connectivity index (χ1v) is 5.96. The SMILES string of the molecule is O=C1CCC(NC(=O)C2CC=CCC2)C(=O)N1. The minimum Gasteiger partial charge on any atom is -0.344 e. The van der Waals surface area contributed by atoms with E-state index >= 15 is 0 Å². The van der Waals surface area contributed by atoms with Gasteiger partial charge in [0.1, 0.15) is 6.04 Å². The van der Waals surface area contributed by atoms with E-state index in [0.717, 1.165) is 19.3 Å². The van der Waals surface area contributed by atoms with Gasteiger partial charge in [0.2, 0.25) is 17.7 Å². The van der Waals surface area contributed by atoms with Crippen molar-refractivity contribution in [1.82, 2.24) is 10.6 Å². The van der Waals surface area contributed by atoms with E-state index in [4.69, 9.17) is 0 Å². The van der Waals surface area contributed by atoms with Gasteiger partial charge in [0.05, 0.1) is 0 Å². The van der Waals surface area contributed by atoms with Crippen molar-refractivity contribution in [3.8, 4) is 0 Å². The topological polar surface area (TPSA) is 75.3 Å². The van der Waals surface area contributed by atoms with Gasteiger partial charge in [0, 0.05) is 12.3 Å². The number of imide groups is 1. The number of allylic oxidation sites excluding steroid dienone is 2. The number of hydrogen-bond donors (Lipinski definition) is 2. The molecule has 1 fully saturated rings. The Labute approximate surface area is 99.6 Å². The van der Waals surface area contributed by atoms with Gasteiger partial charge in [-0.25, -0.2) is 0 Å². The molecule has 0 spiro atoms. The van der Waals surface area contributed by atoms with Crippen molar-refractivity contribution in [3.63, 3.8) is 0 Å². The average Bonchev–Trinajstić information content (AvgIpc) is 2.34. The quantitative estimate of drug-likeness (QED) is 0.533. The highest BCUT2D eigenvalue weighted by molar-refractivity contribution is 6.01. The van der Waals surface area contributed by atoms with E-state index in [2.05, 4.69) is 16.7 Å². The number of carbonyl (C=O) groups excluding carboxylic acids is 3. The minimum atomic E-state index is -0.550. The van der Waals surface area contributed by atoms with Crippen molar-refractivity contribution in [3.05, 3.63) is 12.2 Å². The maximum absolute atomic E-state index is 11.9. The van der Waals surface area contributed by atoms with Crippen LogP contribution in [-0.4, -0.2) is 23.8 Å². The van der Waals surface area contributed by atoms with Crippen LogP contribution in [-0.2, 0) is 14.4 Å². The first kappa shape index (κ1) is 11.8. The van der Waals surface area contributed by atoms with Crippen LogP contribution in [0.4, 0.5) is 0 Å². The molecule has 0 bridgehead atoms. The summed E-state index contributed by atoms with van der Waals surface area (Å²) in [6.45, 7) is 0. The number of carbonyl (C=O) groups is 3. The Morgan fingerprint density at radius 2 is 2.12 bits per heavy atom. The van der Waals surface area contributed by atoms with Crippen LogP contribution >= 0.6 is 0 Å². The van der Waals surface area contributed by atoms with Crippen molar-refractivity contribution in [2.24, 2.45) is 5.92 Å². The lowest BCUT2D eigenvalue weighted by atomic mass is 9.93. The Kier molecular flexibility index (Phi) is 3.56. The Morgan fingerprint density at radius 3 is 2.76 bits per heavy atom. The average molecular weight is 236 g/mol. The molecule has 0 aromatic heterocycles. The third-order valence-corrected chi connectivity index (χ3v) is 3.20. The largest absolute Gasteiger partial charge is 0.344 e. The predicted octanol–water partition coefficient (Wildman–Crippen LogP) is 0.264. The van der Waals surface area contributed by atoms with E-state index in [1.165, 1.54) is 0 Å². The van der Waals surface area contributed by atoms with E-state index in [9.17, 15) is 14.4 Å². The molecule has 2 rings (SSSR count). The van der Waals surface area contributed by atoms with Crippen molar-refractivity contribution in [2.75, 3.05) is 0 Å². The normalized spacial score (nSPS) is 28.7. The molecule has 2 atom stereocenters. The molecule has 0 radical (unpaired) electrons. The maximum atomic E-state index is 11.9.